The summed E-state index contributed by atoms with van der Waals surface area (Å²) in [5.74, 6) is 0. The van der Waals surface area contributed by atoms with E-state index in [1.807, 2.05) is 0 Å². The van der Waals surface area contributed by atoms with Crippen molar-refractivity contribution >= 4 is 7.98 Å². The summed E-state index contributed by atoms with van der Waals surface area (Å²) < 4.78 is 0. The first-order valence-electron chi connectivity index (χ1n) is 4.55. The van der Waals surface area contributed by atoms with E-state index in [1.165, 1.54) is 38.6 Å². The van der Waals surface area contributed by atoms with Crippen molar-refractivity contribution in [1.29, 1.82) is 0 Å². The van der Waals surface area contributed by atoms with Crippen molar-refractivity contribution in [3.05, 3.63) is 0 Å². The van der Waals surface area contributed by atoms with Gasteiger partial charge in [-0.2, -0.15) is 0 Å². The van der Waals surface area contributed by atoms with Gasteiger partial charge < -0.3 is 4.81 Å². The Kier molecular flexibility index (Phi) is 3.27. The van der Waals surface area contributed by atoms with Gasteiger partial charge >= 0.3 is 0 Å². The van der Waals surface area contributed by atoms with Gasteiger partial charge in [-0.3, -0.25) is 0 Å². The Labute approximate surface area is 65.2 Å². The monoisotopic (exact) mass is 139 g/mol. The lowest BCUT2D eigenvalue weighted by molar-refractivity contribution is 0.271. The Bertz CT molecular complexity index is 89.3. The van der Waals surface area contributed by atoms with Crippen LogP contribution in [-0.4, -0.2) is 25.4 Å². The van der Waals surface area contributed by atoms with Gasteiger partial charge in [0.05, 0.1) is 0 Å². The first kappa shape index (κ1) is 8.12. The highest BCUT2D eigenvalue weighted by Gasteiger charge is 2.15. The molecule has 0 saturated heterocycles. The molecule has 0 N–H and O–H groups in total. The molecule has 1 fully saturated rings. The van der Waals surface area contributed by atoms with Crippen LogP contribution < -0.4 is 0 Å². The van der Waals surface area contributed by atoms with E-state index >= 15 is 0 Å². The predicted octanol–water partition coefficient (Wildman–Crippen LogP) is 1.19. The Hall–Kier alpha value is 0.0249. The number of hydrogen-bond donors (Lipinski definition) is 0. The molecule has 1 aliphatic rings. The SMILES string of the molecule is BN(CC)C1CCCCC1. The molecule has 58 valence electrons. The van der Waals surface area contributed by atoms with Crippen LogP contribution in [0.2, 0.25) is 0 Å². The van der Waals surface area contributed by atoms with Gasteiger partial charge in [-0.1, -0.05) is 26.2 Å². The maximum Gasteiger partial charge on any atom is 0.185 e. The van der Waals surface area contributed by atoms with Gasteiger partial charge in [-0.15, -0.1) is 0 Å². The van der Waals surface area contributed by atoms with Gasteiger partial charge in [0.15, 0.2) is 7.98 Å². The van der Waals surface area contributed by atoms with Crippen molar-refractivity contribution in [2.75, 3.05) is 6.54 Å². The van der Waals surface area contributed by atoms with E-state index in [0.29, 0.717) is 0 Å². The summed E-state index contributed by atoms with van der Waals surface area (Å²) in [6, 6.07) is 0.902. The molecule has 0 bridgehead atoms. The van der Waals surface area contributed by atoms with Crippen molar-refractivity contribution in [2.45, 2.75) is 45.1 Å². The summed E-state index contributed by atoms with van der Waals surface area (Å²) in [5.41, 5.74) is 0. The Morgan fingerprint density at radius 3 is 2.40 bits per heavy atom. The standard InChI is InChI=1S/C8H18BN/c1-2-10(9)8-6-4-3-5-7-8/h8H,2-7,9H2,1H3. The molecule has 0 aromatic heterocycles. The second kappa shape index (κ2) is 4.02. The predicted molar refractivity (Wildman–Crippen MR) is 47.8 cm³/mol. The second-order valence-corrected chi connectivity index (χ2v) is 3.37. The van der Waals surface area contributed by atoms with E-state index in [4.69, 9.17) is 0 Å². The summed E-state index contributed by atoms with van der Waals surface area (Å²) in [4.78, 5) is 2.49. The Balaban J connectivity index is 2.24. The molecule has 0 aromatic carbocycles. The minimum atomic E-state index is 0.902. The van der Waals surface area contributed by atoms with Crippen LogP contribution in [0.4, 0.5) is 0 Å². The molecule has 0 aromatic rings. The fraction of sp³-hybridized carbons (Fsp3) is 1.00. The van der Waals surface area contributed by atoms with Crippen molar-refractivity contribution < 1.29 is 0 Å². The van der Waals surface area contributed by atoms with E-state index in [-0.39, 0.29) is 0 Å². The lowest BCUT2D eigenvalue weighted by Crippen LogP contribution is -2.34. The van der Waals surface area contributed by atoms with E-state index in [1.54, 1.807) is 0 Å². The zero-order chi connectivity index (χ0) is 7.40. The average Bonchev–Trinajstić information content (AvgIpc) is 2.05. The van der Waals surface area contributed by atoms with E-state index in [9.17, 15) is 0 Å². The van der Waals surface area contributed by atoms with Gasteiger partial charge in [0.1, 0.15) is 0 Å². The molecule has 10 heavy (non-hydrogen) atoms. The van der Waals surface area contributed by atoms with Crippen LogP contribution >= 0.6 is 0 Å². The summed E-state index contributed by atoms with van der Waals surface area (Å²) in [5, 5.41) is 0. The van der Waals surface area contributed by atoms with Crippen molar-refractivity contribution in [1.82, 2.24) is 4.81 Å². The molecule has 0 heterocycles. The lowest BCUT2D eigenvalue weighted by Gasteiger charge is -2.30. The molecule has 0 atom stereocenters. The quantitative estimate of drug-likeness (QED) is 0.519. The molecule has 0 spiro atoms. The minimum Gasteiger partial charge on any atom is -0.346 e. The first-order valence-corrected chi connectivity index (χ1v) is 4.55. The molecule has 1 rings (SSSR count). The second-order valence-electron chi connectivity index (χ2n) is 3.37. The highest BCUT2D eigenvalue weighted by Crippen LogP contribution is 2.20. The fourth-order valence-corrected chi connectivity index (χ4v) is 1.78. The molecule has 0 radical (unpaired) electrons. The summed E-state index contributed by atoms with van der Waals surface area (Å²) >= 11 is 0. The molecular weight excluding hydrogens is 121 g/mol. The van der Waals surface area contributed by atoms with Gasteiger partial charge in [0.2, 0.25) is 0 Å². The van der Waals surface area contributed by atoms with Crippen LogP contribution in [0.25, 0.3) is 0 Å². The smallest absolute Gasteiger partial charge is 0.185 e. The van der Waals surface area contributed by atoms with Crippen LogP contribution in [0.3, 0.4) is 0 Å². The number of rotatable bonds is 2. The normalized spacial score (nSPS) is 21.8. The van der Waals surface area contributed by atoms with E-state index in [2.05, 4.69) is 19.7 Å². The molecule has 1 aliphatic carbocycles. The van der Waals surface area contributed by atoms with Gasteiger partial charge in [0.25, 0.3) is 0 Å². The zero-order valence-corrected chi connectivity index (χ0v) is 7.27. The molecule has 1 saturated carbocycles. The fourth-order valence-electron chi connectivity index (χ4n) is 1.78. The van der Waals surface area contributed by atoms with Crippen molar-refractivity contribution in [2.24, 2.45) is 0 Å². The Morgan fingerprint density at radius 2 is 1.90 bits per heavy atom. The third kappa shape index (κ3) is 2.01. The van der Waals surface area contributed by atoms with Crippen molar-refractivity contribution in [3.8, 4) is 0 Å². The highest BCUT2D eigenvalue weighted by atomic mass is 15.1. The highest BCUT2D eigenvalue weighted by molar-refractivity contribution is 6.04. The van der Waals surface area contributed by atoms with Crippen LogP contribution in [0, 0.1) is 0 Å². The third-order valence-corrected chi connectivity index (χ3v) is 2.70. The molecule has 0 amide bonds. The molecule has 2 heteroatoms. The van der Waals surface area contributed by atoms with Crippen LogP contribution in [0.15, 0.2) is 0 Å². The largest absolute Gasteiger partial charge is 0.346 e. The maximum atomic E-state index is 2.49. The Morgan fingerprint density at radius 1 is 1.30 bits per heavy atom. The zero-order valence-electron chi connectivity index (χ0n) is 7.27. The van der Waals surface area contributed by atoms with Crippen LogP contribution in [-0.2, 0) is 0 Å². The lowest BCUT2D eigenvalue weighted by atomic mass is 9.92. The minimum absolute atomic E-state index is 0.902. The maximum absolute atomic E-state index is 2.49. The van der Waals surface area contributed by atoms with Crippen LogP contribution in [0.1, 0.15) is 39.0 Å². The van der Waals surface area contributed by atoms with Crippen LogP contribution in [0.5, 0.6) is 0 Å². The average molecular weight is 139 g/mol. The van der Waals surface area contributed by atoms with Gasteiger partial charge in [0, 0.05) is 0 Å². The van der Waals surface area contributed by atoms with E-state index in [0.717, 1.165) is 6.04 Å². The molecular formula is C8H18BN. The molecule has 0 aliphatic heterocycles. The number of hydrogen-bond acceptors (Lipinski definition) is 1. The number of nitrogens with zero attached hydrogens (tertiary/aromatic N) is 1. The summed E-state index contributed by atoms with van der Waals surface area (Å²) in [6.07, 6.45) is 7.24. The van der Waals surface area contributed by atoms with E-state index < -0.39 is 0 Å². The molecule has 1 nitrogen and oxygen atoms in total. The third-order valence-electron chi connectivity index (χ3n) is 2.70. The summed E-state index contributed by atoms with van der Waals surface area (Å²) in [6.45, 7) is 3.46. The first-order chi connectivity index (χ1) is 4.84. The van der Waals surface area contributed by atoms with Gasteiger partial charge in [-0.25, -0.2) is 0 Å². The van der Waals surface area contributed by atoms with Gasteiger partial charge in [-0.05, 0) is 25.4 Å². The van der Waals surface area contributed by atoms with Crippen molar-refractivity contribution in [3.63, 3.8) is 0 Å². The topological polar surface area (TPSA) is 3.24 Å². The summed E-state index contributed by atoms with van der Waals surface area (Å²) in [7, 11) is 2.25. The molecule has 0 unspecified atom stereocenters.